The van der Waals surface area contributed by atoms with E-state index in [1.54, 1.807) is 13.0 Å². The number of esters is 1. The smallest absolute Gasteiger partial charge is 0.344 e. The average molecular weight is 423 g/mol. The van der Waals surface area contributed by atoms with Crippen molar-refractivity contribution >= 4 is 34.5 Å². The molecule has 0 atom stereocenters. The minimum atomic E-state index is -0.598. The molecule has 2 aromatic carbocycles. The van der Waals surface area contributed by atoms with Crippen molar-refractivity contribution in [2.24, 2.45) is 4.99 Å². The highest BCUT2D eigenvalue weighted by Crippen LogP contribution is 2.41. The number of hydrogen-bond donors (Lipinski definition) is 1. The SMILES string of the molecule is CCOC(=O)C1=C(O)/C(=C\c2ccc3c(c2)OCCO3)SC1=Nc1ccc(C)cc1. The fourth-order valence-electron chi connectivity index (χ4n) is 3.03. The lowest BCUT2D eigenvalue weighted by molar-refractivity contribution is -0.138. The predicted molar refractivity (Wildman–Crippen MR) is 118 cm³/mol. The zero-order valence-electron chi connectivity index (χ0n) is 16.7. The van der Waals surface area contributed by atoms with Gasteiger partial charge in [-0.05, 0) is 49.8 Å². The minimum absolute atomic E-state index is 0.0752. The second kappa shape index (κ2) is 8.67. The molecular formula is C23H21NO5S. The van der Waals surface area contributed by atoms with E-state index in [0.717, 1.165) is 11.1 Å². The van der Waals surface area contributed by atoms with Gasteiger partial charge in [0.2, 0.25) is 0 Å². The second-order valence-electron chi connectivity index (χ2n) is 6.71. The number of rotatable bonds is 4. The van der Waals surface area contributed by atoms with E-state index in [4.69, 9.17) is 14.2 Å². The molecular weight excluding hydrogens is 402 g/mol. The number of carbonyl (C=O) groups excluding carboxylic acids is 1. The van der Waals surface area contributed by atoms with Crippen LogP contribution in [0, 0.1) is 6.92 Å². The number of aliphatic hydroxyl groups excluding tert-OH is 1. The van der Waals surface area contributed by atoms with Crippen molar-refractivity contribution in [2.45, 2.75) is 13.8 Å². The van der Waals surface area contributed by atoms with Crippen LogP contribution in [0.25, 0.3) is 6.08 Å². The van der Waals surface area contributed by atoms with E-state index < -0.39 is 5.97 Å². The Morgan fingerprint density at radius 1 is 1.17 bits per heavy atom. The fraction of sp³-hybridized carbons (Fsp3) is 0.217. The molecule has 154 valence electrons. The normalized spacial score (nSPS) is 18.2. The van der Waals surface area contributed by atoms with Crippen molar-refractivity contribution in [2.75, 3.05) is 19.8 Å². The zero-order chi connectivity index (χ0) is 21.1. The number of aliphatic imine (C=N–C) groups is 1. The Labute approximate surface area is 178 Å². The highest BCUT2D eigenvalue weighted by Gasteiger charge is 2.33. The minimum Gasteiger partial charge on any atom is -0.506 e. The van der Waals surface area contributed by atoms with Crippen LogP contribution >= 0.6 is 11.8 Å². The molecule has 0 saturated heterocycles. The molecule has 2 aliphatic heterocycles. The largest absolute Gasteiger partial charge is 0.506 e. The van der Waals surface area contributed by atoms with Gasteiger partial charge in [0.15, 0.2) is 11.5 Å². The van der Waals surface area contributed by atoms with Crippen LogP contribution in [0.15, 0.2) is 63.7 Å². The summed E-state index contributed by atoms with van der Waals surface area (Å²) in [6.07, 6.45) is 1.79. The third-order valence-electron chi connectivity index (χ3n) is 4.50. The summed E-state index contributed by atoms with van der Waals surface area (Å²) in [6.45, 7) is 4.94. The van der Waals surface area contributed by atoms with E-state index in [0.29, 0.717) is 40.3 Å². The quantitative estimate of drug-likeness (QED) is 0.701. The summed E-state index contributed by atoms with van der Waals surface area (Å²) in [6, 6.07) is 13.2. The maximum absolute atomic E-state index is 12.5. The molecule has 30 heavy (non-hydrogen) atoms. The number of carbonyl (C=O) groups is 1. The van der Waals surface area contributed by atoms with Crippen molar-refractivity contribution < 1.29 is 24.1 Å². The number of ether oxygens (including phenoxy) is 3. The highest BCUT2D eigenvalue weighted by molar-refractivity contribution is 8.18. The van der Waals surface area contributed by atoms with Gasteiger partial charge in [-0.15, -0.1) is 0 Å². The molecule has 1 N–H and O–H groups in total. The Kier molecular flexibility index (Phi) is 5.81. The molecule has 0 fully saturated rings. The zero-order valence-corrected chi connectivity index (χ0v) is 17.5. The molecule has 0 amide bonds. The van der Waals surface area contributed by atoms with E-state index in [1.807, 2.05) is 49.4 Å². The molecule has 0 radical (unpaired) electrons. The number of fused-ring (bicyclic) bond motifs is 1. The molecule has 2 aromatic rings. The monoisotopic (exact) mass is 423 g/mol. The first kappa shape index (κ1) is 20.1. The fourth-order valence-corrected chi connectivity index (χ4v) is 4.06. The first-order valence-corrected chi connectivity index (χ1v) is 10.4. The molecule has 2 aliphatic rings. The molecule has 0 unspecified atom stereocenters. The number of thioether (sulfide) groups is 1. The van der Waals surface area contributed by atoms with Gasteiger partial charge in [-0.1, -0.05) is 35.5 Å². The number of nitrogens with zero attached hydrogens (tertiary/aromatic N) is 1. The second-order valence-corrected chi connectivity index (χ2v) is 7.74. The van der Waals surface area contributed by atoms with Crippen LogP contribution in [0.5, 0.6) is 11.5 Å². The average Bonchev–Trinajstić information content (AvgIpc) is 3.04. The van der Waals surface area contributed by atoms with Crippen LogP contribution in [0.2, 0.25) is 0 Å². The summed E-state index contributed by atoms with van der Waals surface area (Å²) in [5.41, 5.74) is 2.69. The molecule has 0 spiro atoms. The van der Waals surface area contributed by atoms with E-state index in [-0.39, 0.29) is 17.9 Å². The summed E-state index contributed by atoms with van der Waals surface area (Å²) in [5.74, 6) is 0.607. The van der Waals surface area contributed by atoms with Gasteiger partial charge in [-0.2, -0.15) is 0 Å². The van der Waals surface area contributed by atoms with Gasteiger partial charge < -0.3 is 19.3 Å². The van der Waals surface area contributed by atoms with Crippen molar-refractivity contribution in [3.63, 3.8) is 0 Å². The molecule has 6 nitrogen and oxygen atoms in total. The van der Waals surface area contributed by atoms with Gasteiger partial charge in [0.1, 0.15) is 29.6 Å². The summed E-state index contributed by atoms with van der Waals surface area (Å²) in [7, 11) is 0. The summed E-state index contributed by atoms with van der Waals surface area (Å²) >= 11 is 1.23. The van der Waals surface area contributed by atoms with Gasteiger partial charge in [0.25, 0.3) is 0 Å². The standard InChI is InChI=1S/C23H21NO5S/c1-3-27-23(26)20-21(25)19(30-22(20)24-16-7-4-14(2)5-8-16)13-15-6-9-17-18(12-15)29-11-10-28-17/h4-9,12-13,25H,3,10-11H2,1-2H3/b19-13+,24-22?. The summed E-state index contributed by atoms with van der Waals surface area (Å²) in [4.78, 5) is 17.6. The van der Waals surface area contributed by atoms with E-state index >= 15 is 0 Å². The third kappa shape index (κ3) is 4.21. The van der Waals surface area contributed by atoms with Crippen LogP contribution in [0.4, 0.5) is 5.69 Å². The van der Waals surface area contributed by atoms with Crippen molar-refractivity contribution in [3.8, 4) is 11.5 Å². The molecule has 0 saturated carbocycles. The number of aliphatic hydroxyl groups is 1. The van der Waals surface area contributed by atoms with Crippen molar-refractivity contribution in [1.82, 2.24) is 0 Å². The Morgan fingerprint density at radius 3 is 2.63 bits per heavy atom. The molecule has 7 heteroatoms. The lowest BCUT2D eigenvalue weighted by atomic mass is 10.1. The first-order valence-electron chi connectivity index (χ1n) is 9.61. The Morgan fingerprint density at radius 2 is 1.90 bits per heavy atom. The predicted octanol–water partition coefficient (Wildman–Crippen LogP) is 4.96. The van der Waals surface area contributed by atoms with E-state index in [9.17, 15) is 9.90 Å². The van der Waals surface area contributed by atoms with Gasteiger partial charge in [0.05, 0.1) is 17.2 Å². The molecule has 2 heterocycles. The Hall–Kier alpha value is -3.19. The maximum atomic E-state index is 12.5. The van der Waals surface area contributed by atoms with Crippen molar-refractivity contribution in [3.05, 3.63) is 69.8 Å². The number of benzene rings is 2. The van der Waals surface area contributed by atoms with Crippen LogP contribution in [0.1, 0.15) is 18.1 Å². The highest BCUT2D eigenvalue weighted by atomic mass is 32.2. The summed E-state index contributed by atoms with van der Waals surface area (Å²) < 4.78 is 16.3. The first-order chi connectivity index (χ1) is 14.5. The molecule has 4 rings (SSSR count). The van der Waals surface area contributed by atoms with Crippen LogP contribution < -0.4 is 9.47 Å². The lowest BCUT2D eigenvalue weighted by Crippen LogP contribution is -2.15. The molecule has 0 aliphatic carbocycles. The van der Waals surface area contributed by atoms with Gasteiger partial charge >= 0.3 is 5.97 Å². The van der Waals surface area contributed by atoms with Crippen LogP contribution in [-0.4, -0.2) is 35.9 Å². The summed E-state index contributed by atoms with van der Waals surface area (Å²) in [5, 5.41) is 11.2. The maximum Gasteiger partial charge on any atom is 0.344 e. The van der Waals surface area contributed by atoms with E-state index in [2.05, 4.69) is 4.99 Å². The third-order valence-corrected chi connectivity index (χ3v) is 5.52. The van der Waals surface area contributed by atoms with E-state index in [1.165, 1.54) is 11.8 Å². The van der Waals surface area contributed by atoms with Crippen LogP contribution in [0.3, 0.4) is 0 Å². The molecule has 0 aromatic heterocycles. The number of hydrogen-bond acceptors (Lipinski definition) is 7. The van der Waals surface area contributed by atoms with Gasteiger partial charge in [-0.25, -0.2) is 9.79 Å². The molecule has 0 bridgehead atoms. The van der Waals surface area contributed by atoms with Crippen molar-refractivity contribution in [1.29, 1.82) is 0 Å². The Balaban J connectivity index is 1.71. The van der Waals surface area contributed by atoms with Gasteiger partial charge in [0, 0.05) is 0 Å². The lowest BCUT2D eigenvalue weighted by Gasteiger charge is -2.18. The number of aryl methyl sites for hydroxylation is 1. The topological polar surface area (TPSA) is 77.4 Å². The Bertz CT molecular complexity index is 1070. The van der Waals surface area contributed by atoms with Crippen LogP contribution in [-0.2, 0) is 9.53 Å². The van der Waals surface area contributed by atoms with Gasteiger partial charge in [-0.3, -0.25) is 0 Å².